The lowest BCUT2D eigenvalue weighted by atomic mass is 10.2. The predicted molar refractivity (Wildman–Crippen MR) is 69.8 cm³/mol. The van der Waals surface area contributed by atoms with Gasteiger partial charge in [0.2, 0.25) is 0 Å². The zero-order valence-electron chi connectivity index (χ0n) is 10.8. The number of methoxy groups -OCH3 is 2. The Hall–Kier alpha value is -2.27. The van der Waals surface area contributed by atoms with Crippen LogP contribution >= 0.6 is 0 Å². The monoisotopic (exact) mass is 261 g/mol. The highest BCUT2D eigenvalue weighted by Gasteiger charge is 2.07. The second kappa shape index (κ2) is 6.06. The van der Waals surface area contributed by atoms with Crippen molar-refractivity contribution in [3.63, 3.8) is 0 Å². The van der Waals surface area contributed by atoms with Crippen molar-refractivity contribution in [3.05, 3.63) is 42.2 Å². The Morgan fingerprint density at radius 2 is 1.68 bits per heavy atom. The Morgan fingerprint density at radius 1 is 1.05 bits per heavy atom. The van der Waals surface area contributed by atoms with Crippen molar-refractivity contribution < 1.29 is 19.3 Å². The highest BCUT2D eigenvalue weighted by molar-refractivity contribution is 5.44. The van der Waals surface area contributed by atoms with Gasteiger partial charge in [0, 0.05) is 30.0 Å². The Labute approximate surface area is 111 Å². The summed E-state index contributed by atoms with van der Waals surface area (Å²) >= 11 is 0. The van der Waals surface area contributed by atoms with Crippen LogP contribution in [-0.4, -0.2) is 24.3 Å². The molecule has 0 radical (unpaired) electrons. The van der Waals surface area contributed by atoms with Crippen molar-refractivity contribution in [1.82, 2.24) is 4.98 Å². The molecule has 19 heavy (non-hydrogen) atoms. The van der Waals surface area contributed by atoms with Crippen molar-refractivity contribution in [2.75, 3.05) is 14.2 Å². The Balaban J connectivity index is 2.32. The quantitative estimate of drug-likeness (QED) is 0.895. The minimum absolute atomic E-state index is 0.112. The maximum absolute atomic E-state index is 9.24. The molecular formula is C14H15NO4. The molecule has 1 heterocycles. The molecule has 5 heteroatoms. The molecule has 0 aliphatic rings. The molecule has 0 spiro atoms. The molecule has 0 saturated carbocycles. The lowest BCUT2D eigenvalue weighted by Crippen LogP contribution is -1.94. The topological polar surface area (TPSA) is 60.8 Å². The average Bonchev–Trinajstić information content (AvgIpc) is 2.47. The van der Waals surface area contributed by atoms with Gasteiger partial charge in [0.05, 0.1) is 27.0 Å². The van der Waals surface area contributed by atoms with Crippen molar-refractivity contribution >= 4 is 0 Å². The van der Waals surface area contributed by atoms with Crippen molar-refractivity contribution in [2.45, 2.75) is 6.61 Å². The first-order chi connectivity index (χ1) is 9.26. The van der Waals surface area contributed by atoms with E-state index in [1.54, 1.807) is 50.9 Å². The van der Waals surface area contributed by atoms with Gasteiger partial charge in [0.25, 0.3) is 0 Å². The molecule has 1 aromatic heterocycles. The SMILES string of the molecule is COc1cc(OC)cc(Oc2cnccc2CO)c1. The zero-order valence-corrected chi connectivity index (χ0v) is 10.8. The van der Waals surface area contributed by atoms with Gasteiger partial charge in [0.15, 0.2) is 5.75 Å². The molecule has 0 saturated heterocycles. The van der Waals surface area contributed by atoms with Gasteiger partial charge in [-0.3, -0.25) is 4.98 Å². The average molecular weight is 261 g/mol. The number of aliphatic hydroxyl groups excluding tert-OH is 1. The van der Waals surface area contributed by atoms with Crippen molar-refractivity contribution in [1.29, 1.82) is 0 Å². The molecule has 2 rings (SSSR count). The van der Waals surface area contributed by atoms with Crippen LogP contribution < -0.4 is 14.2 Å². The summed E-state index contributed by atoms with van der Waals surface area (Å²) < 4.78 is 16.0. The predicted octanol–water partition coefficient (Wildman–Crippen LogP) is 2.38. The largest absolute Gasteiger partial charge is 0.496 e. The van der Waals surface area contributed by atoms with Gasteiger partial charge in [-0.05, 0) is 6.07 Å². The van der Waals surface area contributed by atoms with E-state index in [0.717, 1.165) is 0 Å². The van der Waals surface area contributed by atoms with E-state index in [-0.39, 0.29) is 6.61 Å². The number of aromatic nitrogens is 1. The first-order valence-corrected chi connectivity index (χ1v) is 5.71. The summed E-state index contributed by atoms with van der Waals surface area (Å²) in [4.78, 5) is 3.98. The lowest BCUT2D eigenvalue weighted by Gasteiger charge is -2.11. The van der Waals surface area contributed by atoms with E-state index in [1.807, 2.05) is 0 Å². The van der Waals surface area contributed by atoms with Crippen LogP contribution in [0.1, 0.15) is 5.56 Å². The summed E-state index contributed by atoms with van der Waals surface area (Å²) in [6.45, 7) is -0.112. The normalized spacial score (nSPS) is 10.1. The molecule has 0 unspecified atom stereocenters. The molecule has 0 aliphatic carbocycles. The van der Waals surface area contributed by atoms with E-state index in [2.05, 4.69) is 4.98 Å². The number of nitrogens with zero attached hydrogens (tertiary/aromatic N) is 1. The molecule has 0 fully saturated rings. The van der Waals surface area contributed by atoms with Crippen molar-refractivity contribution in [3.8, 4) is 23.0 Å². The van der Waals surface area contributed by atoms with E-state index < -0.39 is 0 Å². The van der Waals surface area contributed by atoms with E-state index in [4.69, 9.17) is 14.2 Å². The zero-order chi connectivity index (χ0) is 13.7. The number of rotatable bonds is 5. The maximum atomic E-state index is 9.24. The van der Waals surface area contributed by atoms with Gasteiger partial charge in [-0.25, -0.2) is 0 Å². The summed E-state index contributed by atoms with van der Waals surface area (Å²) in [7, 11) is 3.14. The molecule has 0 amide bonds. The third-order valence-corrected chi connectivity index (χ3v) is 2.59. The van der Waals surface area contributed by atoms with E-state index >= 15 is 0 Å². The van der Waals surface area contributed by atoms with Gasteiger partial charge >= 0.3 is 0 Å². The fraction of sp³-hybridized carbons (Fsp3) is 0.214. The summed E-state index contributed by atoms with van der Waals surface area (Å²) in [6.07, 6.45) is 3.15. The van der Waals surface area contributed by atoms with Crippen LogP contribution in [0.15, 0.2) is 36.7 Å². The highest BCUT2D eigenvalue weighted by Crippen LogP contribution is 2.31. The van der Waals surface area contributed by atoms with Gasteiger partial charge in [-0.15, -0.1) is 0 Å². The molecule has 5 nitrogen and oxygen atoms in total. The number of ether oxygens (including phenoxy) is 3. The van der Waals surface area contributed by atoms with Crippen LogP contribution in [0.25, 0.3) is 0 Å². The van der Waals surface area contributed by atoms with E-state index in [0.29, 0.717) is 28.6 Å². The second-order valence-electron chi connectivity index (χ2n) is 3.79. The molecule has 1 N–H and O–H groups in total. The van der Waals surface area contributed by atoms with E-state index in [1.165, 1.54) is 0 Å². The summed E-state index contributed by atoms with van der Waals surface area (Å²) in [6, 6.07) is 6.92. The smallest absolute Gasteiger partial charge is 0.151 e. The second-order valence-corrected chi connectivity index (χ2v) is 3.79. The summed E-state index contributed by atoms with van der Waals surface area (Å²) in [5, 5.41) is 9.24. The van der Waals surface area contributed by atoms with Crippen LogP contribution in [0.5, 0.6) is 23.0 Å². The molecule has 100 valence electrons. The number of hydrogen-bond donors (Lipinski definition) is 1. The third kappa shape index (κ3) is 3.14. The fourth-order valence-corrected chi connectivity index (χ4v) is 1.60. The number of benzene rings is 1. The van der Waals surface area contributed by atoms with Crippen LogP contribution in [0, 0.1) is 0 Å². The molecule has 1 aromatic carbocycles. The number of hydrogen-bond acceptors (Lipinski definition) is 5. The number of aliphatic hydroxyl groups is 1. The molecular weight excluding hydrogens is 246 g/mol. The maximum Gasteiger partial charge on any atom is 0.151 e. The molecule has 0 aliphatic heterocycles. The third-order valence-electron chi connectivity index (χ3n) is 2.59. The summed E-state index contributed by atoms with van der Waals surface area (Å²) in [5.41, 5.74) is 0.664. The van der Waals surface area contributed by atoms with Gasteiger partial charge in [-0.1, -0.05) is 0 Å². The minimum Gasteiger partial charge on any atom is -0.496 e. The van der Waals surface area contributed by atoms with Crippen LogP contribution in [-0.2, 0) is 6.61 Å². The first-order valence-electron chi connectivity index (χ1n) is 5.71. The molecule has 2 aromatic rings. The van der Waals surface area contributed by atoms with Gasteiger partial charge in [0.1, 0.15) is 17.2 Å². The first kappa shape index (κ1) is 13.2. The Morgan fingerprint density at radius 3 is 2.26 bits per heavy atom. The van der Waals surface area contributed by atoms with Crippen LogP contribution in [0.4, 0.5) is 0 Å². The standard InChI is InChI=1S/C14H15NO4/c1-17-11-5-12(18-2)7-13(6-11)19-14-8-15-4-3-10(14)9-16/h3-8,16H,9H2,1-2H3. The highest BCUT2D eigenvalue weighted by atomic mass is 16.5. The van der Waals surface area contributed by atoms with Crippen molar-refractivity contribution in [2.24, 2.45) is 0 Å². The lowest BCUT2D eigenvalue weighted by molar-refractivity contribution is 0.276. The molecule has 0 bridgehead atoms. The minimum atomic E-state index is -0.112. The fourth-order valence-electron chi connectivity index (χ4n) is 1.60. The van der Waals surface area contributed by atoms with Crippen LogP contribution in [0.2, 0.25) is 0 Å². The van der Waals surface area contributed by atoms with Crippen LogP contribution in [0.3, 0.4) is 0 Å². The summed E-state index contributed by atoms with van der Waals surface area (Å²) in [5.74, 6) is 2.31. The van der Waals surface area contributed by atoms with Gasteiger partial charge in [-0.2, -0.15) is 0 Å². The molecule has 0 atom stereocenters. The Kier molecular flexibility index (Phi) is 4.20. The number of pyridine rings is 1. The van der Waals surface area contributed by atoms with E-state index in [9.17, 15) is 5.11 Å². The Bertz CT molecular complexity index is 535. The van der Waals surface area contributed by atoms with Gasteiger partial charge < -0.3 is 19.3 Å².